The largest absolute Gasteiger partial charge is 0.513 e. The molecule has 104 valence electrons. The Kier molecular flexibility index (Phi) is 7.92. The number of nitrogens with one attached hydrogen (secondary N) is 1. The quantitative estimate of drug-likeness (QED) is 0.623. The van der Waals surface area contributed by atoms with E-state index in [1.165, 1.54) is 0 Å². The number of carbonyl (C=O) groups excluding carboxylic acids is 1. The second kappa shape index (κ2) is 8.61. The van der Waals surface area contributed by atoms with E-state index in [0.717, 1.165) is 12.2 Å². The van der Waals surface area contributed by atoms with Crippen LogP contribution >= 0.6 is 0 Å². The van der Waals surface area contributed by atoms with Gasteiger partial charge in [-0.2, -0.15) is 0 Å². The third-order valence-electron chi connectivity index (χ3n) is 2.63. The van der Waals surface area contributed by atoms with Gasteiger partial charge in [-0.05, 0) is 20.3 Å². The highest BCUT2D eigenvalue weighted by Crippen LogP contribution is 2.16. The summed E-state index contributed by atoms with van der Waals surface area (Å²) >= 11 is 0. The average Bonchev–Trinajstić information content (AvgIpc) is 2.26. The fraction of sp³-hybridized carbons (Fsp3) is 0.643. The van der Waals surface area contributed by atoms with E-state index in [-0.39, 0.29) is 30.0 Å². The standard InChI is InChI=1S/C14H25NO3/c1-6-18-13(5)10(2)9-11(3)15-14(17)8-7-12(4)16/h10-11,16H,4-9H2,1-3H3,(H,15,17)/t10-,11?/m1/s1. The summed E-state index contributed by atoms with van der Waals surface area (Å²) in [6.07, 6.45) is 1.35. The molecule has 0 heterocycles. The molecule has 2 N–H and O–H groups in total. The van der Waals surface area contributed by atoms with Crippen LogP contribution in [0.4, 0.5) is 0 Å². The van der Waals surface area contributed by atoms with Crippen LogP contribution in [0, 0.1) is 5.92 Å². The maximum Gasteiger partial charge on any atom is 0.220 e. The molecule has 0 saturated carbocycles. The van der Waals surface area contributed by atoms with E-state index in [2.05, 4.69) is 18.5 Å². The van der Waals surface area contributed by atoms with Crippen LogP contribution in [0.2, 0.25) is 0 Å². The van der Waals surface area contributed by atoms with Crippen molar-refractivity contribution in [3.8, 4) is 0 Å². The molecular formula is C14H25NO3. The Bertz CT molecular complexity index is 299. The van der Waals surface area contributed by atoms with Crippen molar-refractivity contribution in [2.45, 2.75) is 46.1 Å². The number of amides is 1. The van der Waals surface area contributed by atoms with E-state index in [9.17, 15) is 4.79 Å². The first-order chi connectivity index (χ1) is 8.36. The molecular weight excluding hydrogens is 230 g/mol. The highest BCUT2D eigenvalue weighted by atomic mass is 16.5. The second-order valence-electron chi connectivity index (χ2n) is 4.57. The molecule has 4 nitrogen and oxygen atoms in total. The summed E-state index contributed by atoms with van der Waals surface area (Å²) in [4.78, 5) is 11.5. The Morgan fingerprint density at radius 3 is 2.44 bits per heavy atom. The summed E-state index contributed by atoms with van der Waals surface area (Å²) < 4.78 is 5.34. The van der Waals surface area contributed by atoms with E-state index in [1.54, 1.807) is 0 Å². The lowest BCUT2D eigenvalue weighted by atomic mass is 10.0. The number of allylic oxidation sites excluding steroid dienone is 2. The molecule has 18 heavy (non-hydrogen) atoms. The van der Waals surface area contributed by atoms with E-state index in [4.69, 9.17) is 9.84 Å². The van der Waals surface area contributed by atoms with Gasteiger partial charge < -0.3 is 15.2 Å². The number of aliphatic hydroxyl groups is 1. The lowest BCUT2D eigenvalue weighted by molar-refractivity contribution is -0.121. The van der Waals surface area contributed by atoms with Crippen LogP contribution in [0.25, 0.3) is 0 Å². The predicted molar refractivity (Wildman–Crippen MR) is 73.2 cm³/mol. The van der Waals surface area contributed by atoms with Crippen LogP contribution in [0.5, 0.6) is 0 Å². The average molecular weight is 255 g/mol. The molecule has 0 aliphatic heterocycles. The normalized spacial score (nSPS) is 13.5. The van der Waals surface area contributed by atoms with E-state index < -0.39 is 0 Å². The van der Waals surface area contributed by atoms with Gasteiger partial charge in [0.15, 0.2) is 0 Å². The molecule has 1 unspecified atom stereocenters. The molecule has 0 aliphatic rings. The van der Waals surface area contributed by atoms with Gasteiger partial charge in [0.1, 0.15) is 0 Å². The third-order valence-corrected chi connectivity index (χ3v) is 2.63. The minimum absolute atomic E-state index is 0.0379. The molecule has 0 aromatic carbocycles. The zero-order valence-electron chi connectivity index (χ0n) is 11.7. The smallest absolute Gasteiger partial charge is 0.220 e. The number of ether oxygens (including phenoxy) is 1. The van der Waals surface area contributed by atoms with Gasteiger partial charge in [-0.25, -0.2) is 0 Å². The van der Waals surface area contributed by atoms with E-state index in [1.807, 2.05) is 20.8 Å². The first-order valence-electron chi connectivity index (χ1n) is 6.34. The Balaban J connectivity index is 3.95. The fourth-order valence-corrected chi connectivity index (χ4v) is 1.65. The minimum Gasteiger partial charge on any atom is -0.513 e. The first kappa shape index (κ1) is 16.6. The minimum atomic E-state index is -0.0769. The number of aliphatic hydroxyl groups excluding tert-OH is 1. The van der Waals surface area contributed by atoms with Crippen LogP contribution in [0.3, 0.4) is 0 Å². The van der Waals surface area contributed by atoms with Gasteiger partial charge in [-0.1, -0.05) is 20.1 Å². The van der Waals surface area contributed by atoms with Crippen molar-refractivity contribution in [1.82, 2.24) is 5.32 Å². The molecule has 0 radical (unpaired) electrons. The van der Waals surface area contributed by atoms with Crippen LogP contribution in [0.15, 0.2) is 24.7 Å². The van der Waals surface area contributed by atoms with E-state index >= 15 is 0 Å². The number of carbonyl (C=O) groups is 1. The SMILES string of the molecule is C=C(O)CCC(=O)NC(C)C[C@@H](C)C(=C)OCC. The highest BCUT2D eigenvalue weighted by molar-refractivity contribution is 5.76. The maximum atomic E-state index is 11.5. The Morgan fingerprint density at radius 1 is 1.33 bits per heavy atom. The zero-order valence-corrected chi connectivity index (χ0v) is 11.7. The van der Waals surface area contributed by atoms with Gasteiger partial charge in [0.25, 0.3) is 0 Å². The molecule has 0 saturated heterocycles. The molecule has 0 aliphatic carbocycles. The van der Waals surface area contributed by atoms with Crippen molar-refractivity contribution in [3.63, 3.8) is 0 Å². The molecule has 1 amide bonds. The molecule has 0 aromatic heterocycles. The zero-order chi connectivity index (χ0) is 14.1. The summed E-state index contributed by atoms with van der Waals surface area (Å²) in [6, 6.07) is 0.0525. The van der Waals surface area contributed by atoms with Gasteiger partial charge in [0, 0.05) is 24.8 Å². The van der Waals surface area contributed by atoms with Crippen LogP contribution in [-0.4, -0.2) is 23.7 Å². The molecule has 0 aromatic rings. The van der Waals surface area contributed by atoms with Gasteiger partial charge in [0.2, 0.25) is 5.91 Å². The molecule has 4 heteroatoms. The lowest BCUT2D eigenvalue weighted by Crippen LogP contribution is -2.33. The Morgan fingerprint density at radius 2 is 1.94 bits per heavy atom. The Labute approximate surface area is 110 Å². The number of rotatable bonds is 9. The highest BCUT2D eigenvalue weighted by Gasteiger charge is 2.14. The van der Waals surface area contributed by atoms with Crippen molar-refractivity contribution in [2.75, 3.05) is 6.61 Å². The Hall–Kier alpha value is -1.45. The van der Waals surface area contributed by atoms with Crippen molar-refractivity contribution in [3.05, 3.63) is 24.7 Å². The molecule has 0 spiro atoms. The summed E-state index contributed by atoms with van der Waals surface area (Å²) in [6.45, 7) is 13.7. The van der Waals surface area contributed by atoms with Crippen molar-refractivity contribution in [1.29, 1.82) is 0 Å². The summed E-state index contributed by atoms with van der Waals surface area (Å²) in [5, 5.41) is 11.8. The van der Waals surface area contributed by atoms with Gasteiger partial charge in [0.05, 0.1) is 18.1 Å². The van der Waals surface area contributed by atoms with E-state index in [0.29, 0.717) is 13.0 Å². The number of hydrogen-bond donors (Lipinski definition) is 2. The van der Waals surface area contributed by atoms with Crippen molar-refractivity contribution < 1.29 is 14.6 Å². The topological polar surface area (TPSA) is 58.6 Å². The molecule has 0 rings (SSSR count). The second-order valence-corrected chi connectivity index (χ2v) is 4.57. The van der Waals surface area contributed by atoms with Crippen molar-refractivity contribution in [2.24, 2.45) is 5.92 Å². The summed E-state index contributed by atoms with van der Waals surface area (Å²) in [5.41, 5.74) is 0. The third kappa shape index (κ3) is 7.76. The molecule has 0 bridgehead atoms. The first-order valence-corrected chi connectivity index (χ1v) is 6.34. The van der Waals surface area contributed by atoms with Gasteiger partial charge in [-0.3, -0.25) is 4.79 Å². The number of hydrogen-bond acceptors (Lipinski definition) is 3. The fourth-order valence-electron chi connectivity index (χ4n) is 1.65. The van der Waals surface area contributed by atoms with Crippen molar-refractivity contribution >= 4 is 5.91 Å². The van der Waals surface area contributed by atoms with Gasteiger partial charge in [-0.15, -0.1) is 0 Å². The van der Waals surface area contributed by atoms with Gasteiger partial charge >= 0.3 is 0 Å². The molecule has 0 fully saturated rings. The summed E-state index contributed by atoms with van der Waals surface area (Å²) in [7, 11) is 0. The molecule has 2 atom stereocenters. The van der Waals surface area contributed by atoms with Crippen LogP contribution in [0.1, 0.15) is 40.0 Å². The lowest BCUT2D eigenvalue weighted by Gasteiger charge is -2.20. The predicted octanol–water partition coefficient (Wildman–Crippen LogP) is 2.92. The maximum absolute atomic E-state index is 11.5. The van der Waals surface area contributed by atoms with Crippen LogP contribution in [-0.2, 0) is 9.53 Å². The summed E-state index contributed by atoms with van der Waals surface area (Å²) in [5.74, 6) is 0.915. The monoisotopic (exact) mass is 255 g/mol. The van der Waals surface area contributed by atoms with Crippen LogP contribution < -0.4 is 5.32 Å².